The van der Waals surface area contributed by atoms with Gasteiger partial charge in [-0.1, -0.05) is 107 Å². The highest BCUT2D eigenvalue weighted by Crippen LogP contribution is 2.31. The van der Waals surface area contributed by atoms with Crippen molar-refractivity contribution >= 4 is 46.7 Å². The quantitative estimate of drug-likeness (QED) is 0.0357. The van der Waals surface area contributed by atoms with Gasteiger partial charge in [-0.25, -0.2) is 0 Å². The van der Waals surface area contributed by atoms with Crippen molar-refractivity contribution < 1.29 is 85.7 Å². The van der Waals surface area contributed by atoms with E-state index in [4.69, 9.17) is 48.4 Å². The molecule has 0 radical (unpaired) electrons. The number of carbonyl (C=O) groups excluding carboxylic acids is 7. The molecule has 4 heterocycles. The molecule has 0 bridgehead atoms. The number of hydrogen-bond donors (Lipinski definition) is 4. The Labute approximate surface area is 552 Å². The van der Waals surface area contributed by atoms with Crippen LogP contribution in [0, 0.1) is 17.8 Å². The molecule has 2 amide bonds. The van der Waals surface area contributed by atoms with Crippen molar-refractivity contribution in [1.82, 2.24) is 20.4 Å². The van der Waals surface area contributed by atoms with Crippen LogP contribution in [0.1, 0.15) is 112 Å². The number of rotatable bonds is 30. The van der Waals surface area contributed by atoms with Crippen molar-refractivity contribution in [2.75, 3.05) is 66.7 Å². The molecular weight excluding hydrogens is 1220 g/mol. The molecule has 20 nitrogen and oxygen atoms in total. The van der Waals surface area contributed by atoms with Gasteiger partial charge in [-0.3, -0.25) is 52.9 Å². The Morgan fingerprint density at radius 1 is 0.553 bits per heavy atom. The summed E-state index contributed by atoms with van der Waals surface area (Å²) < 4.78 is 48.5. The molecule has 4 aliphatic heterocycles. The molecule has 4 aromatic carbocycles. The summed E-state index contributed by atoms with van der Waals surface area (Å²) in [5.41, 5.74) is 7.56. The molecule has 4 fully saturated rings. The Balaban J connectivity index is 0.000000529. The Hall–Kier alpha value is -7.25. The zero-order valence-electron chi connectivity index (χ0n) is 54.6. The second-order valence-corrected chi connectivity index (χ2v) is 24.8. The summed E-state index contributed by atoms with van der Waals surface area (Å²) in [7, 11) is 3.17. The summed E-state index contributed by atoms with van der Waals surface area (Å²) in [5.74, 6) is -2.73. The first-order valence-electron chi connectivity index (χ1n) is 31.0. The lowest BCUT2D eigenvalue weighted by Crippen LogP contribution is -2.50. The monoisotopic (exact) mass is 1320 g/mol. The molecule has 0 spiro atoms. The molecule has 0 unspecified atom stereocenters. The number of benzene rings is 4. The minimum atomic E-state index is -0.918. The third-order valence-corrected chi connectivity index (χ3v) is 16.3. The standard InChI is InChI=1S/C35H46N2O7.C26H32N2O5.C8H15NO3.2CH4.F2.FH/c1-23(15-29(38)21-37-19-24(2)44-25(3)20-37)32(39)18-28(16-27-11-13-30(42-5)14-12-27)34(41)36-31(33(40)35(4)22-43-35)17-26-9-7-6-8-10-26;1-17(27)23(29)15-20(13-19-9-11-21(32-3)12-10-19)25(31)28-22(24(30)26(2)16-33-26)14-18-7-5-4-6-8-18;1-6-3-9(5-8(10)11)4-7(2)12-6;;;1-2;/h6-14,23-25,28,31H,15-22H2,1-5H3,(H,36,41);4-12,17,20,22H,13-16,27H2,1-3H3,(H,28,31);6-7H,3-5H2,1-2H3,(H,10,11);2*1H4;;1H/t23-,24-,25+,28-,31+,35-;17-,20+,22-,26+;6-,7+;;;;/m10...../s1. The van der Waals surface area contributed by atoms with Crippen molar-refractivity contribution in [2.45, 2.75) is 169 Å². The molecule has 4 aliphatic rings. The molecule has 8 rings (SSSR count). The average molecular weight is 1320 g/mol. The largest absolute Gasteiger partial charge is 0.497 e. The number of ether oxygens (including phenoxy) is 6. The molecule has 5 N–H and O–H groups in total. The lowest BCUT2D eigenvalue weighted by Gasteiger charge is -2.34. The number of morpholine rings is 2. The van der Waals surface area contributed by atoms with E-state index < -0.39 is 53.1 Å². The first-order chi connectivity index (χ1) is 43.2. The maximum atomic E-state index is 13.9. The third-order valence-electron chi connectivity index (χ3n) is 16.3. The first kappa shape index (κ1) is 82.8. The molecule has 0 aromatic heterocycles. The minimum absolute atomic E-state index is 0. The van der Waals surface area contributed by atoms with Gasteiger partial charge in [0, 0.05) is 72.3 Å². The molecule has 12 atom stereocenters. The highest BCUT2D eigenvalue weighted by molar-refractivity contribution is 5.99. The Kier molecular flexibility index (Phi) is 35.4. The fourth-order valence-corrected chi connectivity index (χ4v) is 11.2. The molecular formula is C71H102F3N5O15. The van der Waals surface area contributed by atoms with E-state index >= 15 is 0 Å². The van der Waals surface area contributed by atoms with Crippen LogP contribution >= 0.6 is 0 Å². The molecule has 4 saturated heterocycles. The summed E-state index contributed by atoms with van der Waals surface area (Å²) >= 11 is 0. The van der Waals surface area contributed by atoms with Gasteiger partial charge in [-0.05, 0) is 121 Å². The normalized spacial score (nSPS) is 22.1. The van der Waals surface area contributed by atoms with Crippen molar-refractivity contribution in [3.05, 3.63) is 131 Å². The summed E-state index contributed by atoms with van der Waals surface area (Å²) in [6.45, 7) is 18.6. The SMILES string of the molecule is C.C.COc1ccc(C[C@H](CC(=O)[C@H](C)CC(=O)CN2C[C@@H](C)O[C@@H](C)C2)C(=O)N[C@@H](Cc2ccccc2)C(=O)[C@@]2(C)CO2)cc1.COc1ccc(C[C@H](CC(=O)[C@H](C)N)C(=O)N[C@@H](Cc2ccccc2)C(=O)[C@@]2(C)CO2)cc1.C[C@@H]1CN(CC(=O)O)C[C@H](C)O1.F.FF. The van der Waals surface area contributed by atoms with Crippen LogP contribution in [0.5, 0.6) is 11.5 Å². The number of aliphatic carboxylic acids is 1. The maximum absolute atomic E-state index is 13.9. The number of nitrogens with zero attached hydrogens (tertiary/aromatic N) is 2. The summed E-state index contributed by atoms with van der Waals surface area (Å²) in [5, 5.41) is 14.4. The molecule has 0 aliphatic carbocycles. The number of nitrogens with one attached hydrogen (secondary N) is 2. The fraction of sp³-hybridized carbons (Fsp3) is 0.549. The van der Waals surface area contributed by atoms with Gasteiger partial charge in [0.1, 0.15) is 40.1 Å². The van der Waals surface area contributed by atoms with Crippen molar-refractivity contribution in [3.63, 3.8) is 0 Å². The van der Waals surface area contributed by atoms with Crippen LogP contribution in [0.15, 0.2) is 109 Å². The van der Waals surface area contributed by atoms with Crippen molar-refractivity contribution in [2.24, 2.45) is 23.5 Å². The number of carboxylic acids is 1. The average Bonchev–Trinajstić information content (AvgIpc) is 1.64. The number of methoxy groups -OCH3 is 2. The number of nitrogens with two attached hydrogens (primary N) is 1. The second kappa shape index (κ2) is 40.2. The lowest BCUT2D eigenvalue weighted by atomic mass is 9.87. The van der Waals surface area contributed by atoms with Gasteiger partial charge in [0.25, 0.3) is 0 Å². The highest BCUT2D eigenvalue weighted by Gasteiger charge is 2.51. The van der Waals surface area contributed by atoms with E-state index in [0.29, 0.717) is 63.5 Å². The van der Waals surface area contributed by atoms with E-state index in [0.717, 1.165) is 35.3 Å². The fourth-order valence-electron chi connectivity index (χ4n) is 11.2. The number of halogens is 3. The molecule has 0 saturated carbocycles. The van der Waals surface area contributed by atoms with Gasteiger partial charge in [-0.2, -0.15) is 0 Å². The van der Waals surface area contributed by atoms with Gasteiger partial charge in [-0.15, -0.1) is 0 Å². The third kappa shape index (κ3) is 27.6. The van der Waals surface area contributed by atoms with E-state index in [9.17, 15) is 38.4 Å². The molecule has 94 heavy (non-hydrogen) atoms. The van der Waals surface area contributed by atoms with E-state index in [1.165, 1.54) is 0 Å². The van der Waals surface area contributed by atoms with Crippen LogP contribution in [0.3, 0.4) is 0 Å². The van der Waals surface area contributed by atoms with E-state index in [1.54, 1.807) is 41.9 Å². The van der Waals surface area contributed by atoms with Gasteiger partial charge in [0.15, 0.2) is 11.6 Å². The van der Waals surface area contributed by atoms with Gasteiger partial charge >= 0.3 is 5.97 Å². The zero-order valence-corrected chi connectivity index (χ0v) is 54.6. The Morgan fingerprint density at radius 2 is 0.883 bits per heavy atom. The number of Topliss-reactive ketones (excluding diaryl/α,β-unsaturated/α-hetero) is 5. The predicted molar refractivity (Wildman–Crippen MR) is 354 cm³/mol. The van der Waals surface area contributed by atoms with Gasteiger partial charge in [0.05, 0.1) is 83.1 Å². The van der Waals surface area contributed by atoms with E-state index in [-0.39, 0.29) is 117 Å². The lowest BCUT2D eigenvalue weighted by molar-refractivity contribution is -0.141. The number of carbonyl (C=O) groups is 8. The van der Waals surface area contributed by atoms with Crippen LogP contribution in [-0.2, 0) is 83.0 Å². The van der Waals surface area contributed by atoms with Gasteiger partial charge in [0.2, 0.25) is 11.8 Å². The van der Waals surface area contributed by atoms with Crippen molar-refractivity contribution in [1.29, 1.82) is 0 Å². The summed E-state index contributed by atoms with van der Waals surface area (Å²) in [4.78, 5) is 107. The van der Waals surface area contributed by atoms with Crippen LogP contribution in [0.25, 0.3) is 0 Å². The highest BCUT2D eigenvalue weighted by atomic mass is 20.0. The van der Waals surface area contributed by atoms with E-state index in [2.05, 4.69) is 15.5 Å². The Morgan fingerprint density at radius 3 is 1.20 bits per heavy atom. The Bertz CT molecular complexity index is 2970. The van der Waals surface area contributed by atoms with Crippen LogP contribution in [-0.4, -0.2) is 182 Å². The van der Waals surface area contributed by atoms with E-state index in [1.807, 2.05) is 142 Å². The van der Waals surface area contributed by atoms with Crippen LogP contribution in [0.4, 0.5) is 13.9 Å². The number of epoxide rings is 2. The van der Waals surface area contributed by atoms with Crippen molar-refractivity contribution in [3.8, 4) is 11.5 Å². The summed E-state index contributed by atoms with van der Waals surface area (Å²) in [6.07, 6.45) is 1.76. The number of amides is 2. The number of ketones is 5. The van der Waals surface area contributed by atoms with Gasteiger partial charge < -0.3 is 49.9 Å². The second-order valence-electron chi connectivity index (χ2n) is 24.8. The molecule has 4 aromatic rings. The maximum Gasteiger partial charge on any atom is 0.317 e. The van der Waals surface area contributed by atoms with Crippen LogP contribution in [0.2, 0.25) is 0 Å². The predicted octanol–water partition coefficient (Wildman–Crippen LogP) is 8.29. The number of hydrogen-bond acceptors (Lipinski definition) is 17. The number of carboxylic acid groups (broad SMARTS) is 1. The topological polar surface area (TPSA) is 275 Å². The minimum Gasteiger partial charge on any atom is -0.497 e. The summed E-state index contributed by atoms with van der Waals surface area (Å²) in [6, 6.07) is 31.5. The van der Waals surface area contributed by atoms with Crippen LogP contribution < -0.4 is 25.8 Å². The first-order valence-corrected chi connectivity index (χ1v) is 31.0. The smallest absolute Gasteiger partial charge is 0.317 e. The molecule has 23 heteroatoms. The molecule has 522 valence electrons. The zero-order chi connectivity index (χ0) is 67.0.